The number of aryl methyl sites for hydroxylation is 2. The van der Waals surface area contributed by atoms with Gasteiger partial charge in [-0.25, -0.2) is 4.39 Å². The number of hydrogen-bond donors (Lipinski definition) is 1. The van der Waals surface area contributed by atoms with Gasteiger partial charge in [0.1, 0.15) is 17.7 Å². The highest BCUT2D eigenvalue weighted by molar-refractivity contribution is 5.95. The number of hydrogen-bond acceptors (Lipinski definition) is 2. The maximum atomic E-state index is 13.2. The Kier molecular flexibility index (Phi) is 3.84. The number of carbonyl (C=O) groups excluding carboxylic acids is 1. The van der Waals surface area contributed by atoms with E-state index >= 15 is 0 Å². The summed E-state index contributed by atoms with van der Waals surface area (Å²) in [6.07, 6.45) is 0.465. The van der Waals surface area contributed by atoms with Gasteiger partial charge in [-0.1, -0.05) is 17.7 Å². The van der Waals surface area contributed by atoms with Gasteiger partial charge in [-0.3, -0.25) is 4.79 Å². The van der Waals surface area contributed by atoms with Crippen molar-refractivity contribution in [1.82, 2.24) is 5.32 Å². The van der Waals surface area contributed by atoms with Gasteiger partial charge < -0.3 is 10.1 Å². The number of fused-ring (bicyclic) bond motifs is 1. The third-order valence-electron chi connectivity index (χ3n) is 3.88. The van der Waals surface area contributed by atoms with Crippen LogP contribution in [0, 0.1) is 19.7 Å². The largest absolute Gasteiger partial charge is 0.488 e. The van der Waals surface area contributed by atoms with Crippen molar-refractivity contribution in [3.63, 3.8) is 0 Å². The maximum absolute atomic E-state index is 13.2. The van der Waals surface area contributed by atoms with Gasteiger partial charge in [0.2, 0.25) is 0 Å². The van der Waals surface area contributed by atoms with Crippen LogP contribution in [0.5, 0.6) is 5.75 Å². The van der Waals surface area contributed by atoms with E-state index in [1.165, 1.54) is 12.1 Å². The molecule has 0 fully saturated rings. The molecular formula is C18H18FNO2. The monoisotopic (exact) mass is 299 g/mol. The molecule has 2 aromatic rings. The molecule has 1 aliphatic heterocycles. The molecule has 3 rings (SSSR count). The Balaban J connectivity index is 1.61. The van der Waals surface area contributed by atoms with Gasteiger partial charge in [0.05, 0.1) is 6.54 Å². The number of ether oxygens (including phenoxy) is 1. The summed E-state index contributed by atoms with van der Waals surface area (Å²) in [7, 11) is 0. The number of nitrogens with one attached hydrogen (secondary N) is 1. The van der Waals surface area contributed by atoms with Crippen LogP contribution in [0.2, 0.25) is 0 Å². The van der Waals surface area contributed by atoms with E-state index in [2.05, 4.69) is 5.32 Å². The lowest BCUT2D eigenvalue weighted by Gasteiger charge is -2.13. The highest BCUT2D eigenvalue weighted by Gasteiger charge is 2.24. The van der Waals surface area contributed by atoms with Crippen LogP contribution in [0.4, 0.5) is 4.39 Å². The minimum Gasteiger partial charge on any atom is -0.488 e. The number of halogens is 1. The fraction of sp³-hybridized carbons (Fsp3) is 0.278. The van der Waals surface area contributed by atoms with E-state index in [4.69, 9.17) is 4.74 Å². The molecule has 0 bridgehead atoms. The Morgan fingerprint density at radius 2 is 2.09 bits per heavy atom. The van der Waals surface area contributed by atoms with E-state index in [-0.39, 0.29) is 17.8 Å². The number of rotatable bonds is 3. The van der Waals surface area contributed by atoms with Crippen LogP contribution in [0.15, 0.2) is 36.4 Å². The molecule has 0 saturated carbocycles. The Hall–Kier alpha value is -2.36. The molecule has 1 amide bonds. The molecular weight excluding hydrogens is 281 g/mol. The highest BCUT2D eigenvalue weighted by Crippen LogP contribution is 2.28. The summed E-state index contributed by atoms with van der Waals surface area (Å²) in [5.41, 5.74) is 3.61. The summed E-state index contributed by atoms with van der Waals surface area (Å²) in [6.45, 7) is 4.33. The van der Waals surface area contributed by atoms with E-state index in [1.54, 1.807) is 6.07 Å². The van der Waals surface area contributed by atoms with Crippen LogP contribution in [-0.4, -0.2) is 18.6 Å². The average Bonchev–Trinajstić information content (AvgIpc) is 2.86. The van der Waals surface area contributed by atoms with E-state index in [0.717, 1.165) is 16.7 Å². The van der Waals surface area contributed by atoms with Gasteiger partial charge in [-0.2, -0.15) is 0 Å². The van der Waals surface area contributed by atoms with Crippen LogP contribution >= 0.6 is 0 Å². The van der Waals surface area contributed by atoms with Crippen LogP contribution in [0.1, 0.15) is 27.0 Å². The predicted octanol–water partition coefficient (Wildman–Crippen LogP) is 3.18. The Bertz CT molecular complexity index is 727. The SMILES string of the molecule is Cc1ccc(C(=O)NC[C@H]2Cc3cc(F)ccc3O2)c(C)c1. The van der Waals surface area contributed by atoms with E-state index in [0.29, 0.717) is 24.3 Å². The number of carbonyl (C=O) groups is 1. The number of benzene rings is 2. The van der Waals surface area contributed by atoms with Crippen molar-refractivity contribution < 1.29 is 13.9 Å². The summed E-state index contributed by atoms with van der Waals surface area (Å²) in [5.74, 6) is 0.331. The smallest absolute Gasteiger partial charge is 0.251 e. The molecule has 114 valence electrons. The van der Waals surface area contributed by atoms with Crippen molar-refractivity contribution in [2.24, 2.45) is 0 Å². The van der Waals surface area contributed by atoms with Gasteiger partial charge in [-0.15, -0.1) is 0 Å². The molecule has 1 aliphatic rings. The fourth-order valence-electron chi connectivity index (χ4n) is 2.77. The van der Waals surface area contributed by atoms with Crippen molar-refractivity contribution in [2.45, 2.75) is 26.4 Å². The minimum atomic E-state index is -0.262. The molecule has 1 atom stereocenters. The molecule has 2 aromatic carbocycles. The molecule has 1 heterocycles. The second kappa shape index (κ2) is 5.79. The molecule has 0 radical (unpaired) electrons. The van der Waals surface area contributed by atoms with Gasteiger partial charge in [0.25, 0.3) is 5.91 Å². The van der Waals surface area contributed by atoms with E-state index in [9.17, 15) is 9.18 Å². The van der Waals surface area contributed by atoms with E-state index in [1.807, 2.05) is 32.0 Å². The molecule has 4 heteroatoms. The molecule has 0 saturated heterocycles. The van der Waals surface area contributed by atoms with Crippen molar-refractivity contribution in [3.8, 4) is 5.75 Å². The maximum Gasteiger partial charge on any atom is 0.251 e. The van der Waals surface area contributed by atoms with Crippen molar-refractivity contribution >= 4 is 5.91 Å². The first-order chi connectivity index (χ1) is 10.5. The zero-order valence-electron chi connectivity index (χ0n) is 12.7. The minimum absolute atomic E-state index is 0.108. The third kappa shape index (κ3) is 2.96. The molecule has 22 heavy (non-hydrogen) atoms. The molecule has 0 aromatic heterocycles. The summed E-state index contributed by atoms with van der Waals surface area (Å²) in [6, 6.07) is 10.2. The van der Waals surface area contributed by atoms with Crippen molar-refractivity contribution in [3.05, 3.63) is 64.5 Å². The predicted molar refractivity (Wildman–Crippen MR) is 82.8 cm³/mol. The normalized spacial score (nSPS) is 16.0. The standard InChI is InChI=1S/C18H18FNO2/c1-11-3-5-16(12(2)7-11)18(21)20-10-15-9-13-8-14(19)4-6-17(13)22-15/h3-8,15H,9-10H2,1-2H3,(H,20,21)/t15-/m1/s1. The molecule has 1 N–H and O–H groups in total. The molecule has 0 aliphatic carbocycles. The topological polar surface area (TPSA) is 38.3 Å². The van der Waals surface area contributed by atoms with Crippen LogP contribution in [0.25, 0.3) is 0 Å². The van der Waals surface area contributed by atoms with Gasteiger partial charge in [0, 0.05) is 17.5 Å². The van der Waals surface area contributed by atoms with Gasteiger partial charge in [0.15, 0.2) is 0 Å². The zero-order chi connectivity index (χ0) is 15.7. The first kappa shape index (κ1) is 14.6. The third-order valence-corrected chi connectivity index (χ3v) is 3.88. The van der Waals surface area contributed by atoms with E-state index < -0.39 is 0 Å². The van der Waals surface area contributed by atoms with Crippen LogP contribution in [-0.2, 0) is 6.42 Å². The quantitative estimate of drug-likeness (QED) is 0.945. The van der Waals surface area contributed by atoms with Crippen LogP contribution in [0.3, 0.4) is 0 Å². The lowest BCUT2D eigenvalue weighted by atomic mass is 10.0. The Morgan fingerprint density at radius 1 is 1.27 bits per heavy atom. The lowest BCUT2D eigenvalue weighted by molar-refractivity contribution is 0.0933. The average molecular weight is 299 g/mol. The molecule has 0 spiro atoms. The number of amides is 1. The van der Waals surface area contributed by atoms with Gasteiger partial charge >= 0.3 is 0 Å². The van der Waals surface area contributed by atoms with Crippen molar-refractivity contribution in [1.29, 1.82) is 0 Å². The highest BCUT2D eigenvalue weighted by atomic mass is 19.1. The molecule has 3 nitrogen and oxygen atoms in total. The summed E-state index contributed by atoms with van der Waals surface area (Å²) in [4.78, 5) is 12.2. The zero-order valence-corrected chi connectivity index (χ0v) is 12.7. The van der Waals surface area contributed by atoms with Crippen molar-refractivity contribution in [2.75, 3.05) is 6.54 Å². The second-order valence-corrected chi connectivity index (χ2v) is 5.72. The summed E-state index contributed by atoms with van der Waals surface area (Å²) in [5, 5.41) is 2.89. The van der Waals surface area contributed by atoms with Gasteiger partial charge in [-0.05, 0) is 43.7 Å². The van der Waals surface area contributed by atoms with Crippen LogP contribution < -0.4 is 10.1 Å². The fourth-order valence-corrected chi connectivity index (χ4v) is 2.77. The summed E-state index contributed by atoms with van der Waals surface area (Å²) < 4.78 is 18.9. The summed E-state index contributed by atoms with van der Waals surface area (Å²) >= 11 is 0. The molecule has 0 unspecified atom stereocenters. The second-order valence-electron chi connectivity index (χ2n) is 5.72. The Morgan fingerprint density at radius 3 is 2.86 bits per heavy atom. The first-order valence-electron chi connectivity index (χ1n) is 7.33. The lowest BCUT2D eigenvalue weighted by Crippen LogP contribution is -2.34. The first-order valence-corrected chi connectivity index (χ1v) is 7.33. The Labute approximate surface area is 129 Å².